The van der Waals surface area contributed by atoms with Crippen LogP contribution in [0.3, 0.4) is 0 Å². The maximum Gasteiger partial charge on any atom is 0.361 e. The average Bonchev–Trinajstić information content (AvgIpc) is 2.90. The Bertz CT molecular complexity index is 640. The molecule has 0 aliphatic carbocycles. The van der Waals surface area contributed by atoms with Crippen molar-refractivity contribution >= 4 is 21.9 Å². The predicted molar refractivity (Wildman–Crippen MR) is 81.2 cm³/mol. The number of nitrogens with zero attached hydrogens (tertiary/aromatic N) is 2. The van der Waals surface area contributed by atoms with Crippen molar-refractivity contribution in [3.8, 4) is 17.0 Å². The van der Waals surface area contributed by atoms with Crippen molar-refractivity contribution in [3.63, 3.8) is 0 Å². The normalized spacial score (nSPS) is 10.7. The van der Waals surface area contributed by atoms with E-state index in [4.69, 9.17) is 9.47 Å². The third-order valence-electron chi connectivity index (χ3n) is 2.58. The molecule has 6 nitrogen and oxygen atoms in total. The van der Waals surface area contributed by atoms with Gasteiger partial charge in [0.2, 0.25) is 0 Å². The SMILES string of the molecule is CCOC(=O)c1n[nH]nc1-c1ccc(Br)c(OC(C)C)c1. The van der Waals surface area contributed by atoms with E-state index < -0.39 is 5.97 Å². The summed E-state index contributed by atoms with van der Waals surface area (Å²) < 4.78 is 11.5. The zero-order valence-electron chi connectivity index (χ0n) is 12.0. The van der Waals surface area contributed by atoms with Gasteiger partial charge in [-0.15, -0.1) is 5.10 Å². The van der Waals surface area contributed by atoms with Crippen LogP contribution in [0.5, 0.6) is 5.75 Å². The molecular weight excluding hydrogens is 338 g/mol. The molecule has 0 fully saturated rings. The van der Waals surface area contributed by atoms with Crippen molar-refractivity contribution in [1.82, 2.24) is 15.4 Å². The van der Waals surface area contributed by atoms with Crippen LogP contribution in [0.1, 0.15) is 31.3 Å². The first kappa shape index (κ1) is 15.5. The number of ether oxygens (including phenoxy) is 2. The molecule has 0 amide bonds. The highest BCUT2D eigenvalue weighted by Gasteiger charge is 2.20. The van der Waals surface area contributed by atoms with Gasteiger partial charge in [0.05, 0.1) is 17.2 Å². The summed E-state index contributed by atoms with van der Waals surface area (Å²) >= 11 is 3.43. The molecular formula is C14H16BrN3O3. The Kier molecular flexibility index (Phi) is 4.95. The summed E-state index contributed by atoms with van der Waals surface area (Å²) in [7, 11) is 0. The molecule has 1 aromatic carbocycles. The molecule has 0 bridgehead atoms. The predicted octanol–water partition coefficient (Wildman–Crippen LogP) is 3.20. The van der Waals surface area contributed by atoms with E-state index in [1.54, 1.807) is 6.92 Å². The van der Waals surface area contributed by atoms with E-state index >= 15 is 0 Å². The van der Waals surface area contributed by atoms with Crippen LogP contribution < -0.4 is 4.74 Å². The van der Waals surface area contributed by atoms with Crippen molar-refractivity contribution in [2.75, 3.05) is 6.61 Å². The van der Waals surface area contributed by atoms with Crippen molar-refractivity contribution in [2.24, 2.45) is 0 Å². The smallest absolute Gasteiger partial charge is 0.361 e. The number of H-pyrrole nitrogens is 1. The number of aromatic nitrogens is 3. The molecule has 0 aliphatic heterocycles. The van der Waals surface area contributed by atoms with Gasteiger partial charge in [-0.3, -0.25) is 0 Å². The second-order valence-corrected chi connectivity index (χ2v) is 5.41. The molecule has 1 heterocycles. The van der Waals surface area contributed by atoms with Crippen LogP contribution in [0.15, 0.2) is 22.7 Å². The van der Waals surface area contributed by atoms with Crippen molar-refractivity contribution in [2.45, 2.75) is 26.9 Å². The van der Waals surface area contributed by atoms with Gasteiger partial charge in [-0.05, 0) is 48.8 Å². The molecule has 0 radical (unpaired) electrons. The number of rotatable bonds is 5. The molecule has 0 saturated heterocycles. The third kappa shape index (κ3) is 3.60. The minimum Gasteiger partial charge on any atom is -0.490 e. The number of carbonyl (C=O) groups excluding carboxylic acids is 1. The van der Waals surface area contributed by atoms with Gasteiger partial charge in [0.15, 0.2) is 5.69 Å². The number of aromatic amines is 1. The largest absolute Gasteiger partial charge is 0.490 e. The lowest BCUT2D eigenvalue weighted by Gasteiger charge is -2.12. The zero-order valence-corrected chi connectivity index (χ0v) is 13.6. The molecule has 2 rings (SSSR count). The first-order valence-electron chi connectivity index (χ1n) is 6.57. The second kappa shape index (κ2) is 6.71. The molecule has 21 heavy (non-hydrogen) atoms. The van der Waals surface area contributed by atoms with Gasteiger partial charge in [-0.2, -0.15) is 10.3 Å². The highest BCUT2D eigenvalue weighted by atomic mass is 79.9. The van der Waals surface area contributed by atoms with E-state index in [1.807, 2.05) is 32.0 Å². The van der Waals surface area contributed by atoms with Gasteiger partial charge >= 0.3 is 5.97 Å². The van der Waals surface area contributed by atoms with Crippen LogP contribution in [0.4, 0.5) is 0 Å². The Balaban J connectivity index is 2.39. The third-order valence-corrected chi connectivity index (χ3v) is 3.24. The van der Waals surface area contributed by atoms with E-state index in [1.165, 1.54) is 0 Å². The van der Waals surface area contributed by atoms with Gasteiger partial charge in [0.25, 0.3) is 0 Å². The zero-order chi connectivity index (χ0) is 15.4. The highest BCUT2D eigenvalue weighted by Crippen LogP contribution is 2.31. The van der Waals surface area contributed by atoms with Gasteiger partial charge < -0.3 is 9.47 Å². The van der Waals surface area contributed by atoms with E-state index in [0.717, 1.165) is 10.0 Å². The first-order valence-corrected chi connectivity index (χ1v) is 7.36. The first-order chi connectivity index (χ1) is 10.0. The fraction of sp³-hybridized carbons (Fsp3) is 0.357. The van der Waals surface area contributed by atoms with Crippen molar-refractivity contribution < 1.29 is 14.3 Å². The van der Waals surface area contributed by atoms with Crippen molar-refractivity contribution in [3.05, 3.63) is 28.4 Å². The second-order valence-electron chi connectivity index (χ2n) is 4.55. The standard InChI is InChI=1S/C14H16BrN3O3/c1-4-20-14(19)13-12(16-18-17-13)9-5-6-10(15)11(7-9)21-8(2)3/h5-8H,4H2,1-3H3,(H,16,17,18). The Morgan fingerprint density at radius 1 is 1.38 bits per heavy atom. The minimum absolute atomic E-state index is 0.0402. The Morgan fingerprint density at radius 2 is 2.14 bits per heavy atom. The maximum atomic E-state index is 11.8. The fourth-order valence-corrected chi connectivity index (χ4v) is 2.11. The lowest BCUT2D eigenvalue weighted by molar-refractivity contribution is 0.0520. The van der Waals surface area contributed by atoms with Gasteiger partial charge in [0, 0.05) is 5.56 Å². The Labute approximate surface area is 131 Å². The van der Waals surface area contributed by atoms with E-state index in [9.17, 15) is 4.79 Å². The van der Waals surface area contributed by atoms with Crippen LogP contribution in [-0.4, -0.2) is 34.1 Å². The molecule has 2 aromatic rings. The molecule has 0 spiro atoms. The van der Waals surface area contributed by atoms with Crippen LogP contribution in [-0.2, 0) is 4.74 Å². The molecule has 112 valence electrons. The number of esters is 1. The molecule has 0 unspecified atom stereocenters. The van der Waals surface area contributed by atoms with Crippen molar-refractivity contribution in [1.29, 1.82) is 0 Å². The number of hydrogen-bond acceptors (Lipinski definition) is 5. The number of halogens is 1. The van der Waals surface area contributed by atoms with Crippen LogP contribution in [0, 0.1) is 0 Å². The maximum absolute atomic E-state index is 11.8. The molecule has 0 atom stereocenters. The minimum atomic E-state index is -0.504. The van der Waals surface area contributed by atoms with Gasteiger partial charge in [0.1, 0.15) is 11.4 Å². The summed E-state index contributed by atoms with van der Waals surface area (Å²) in [5.74, 6) is 0.177. The fourth-order valence-electron chi connectivity index (χ4n) is 1.77. The van der Waals surface area contributed by atoms with Crippen LogP contribution >= 0.6 is 15.9 Å². The number of benzene rings is 1. The summed E-state index contributed by atoms with van der Waals surface area (Å²) in [4.78, 5) is 11.8. The monoisotopic (exact) mass is 353 g/mol. The van der Waals surface area contributed by atoms with E-state index in [0.29, 0.717) is 11.4 Å². The molecule has 7 heteroatoms. The number of hydrogen-bond donors (Lipinski definition) is 1. The molecule has 0 saturated carbocycles. The number of carbonyl (C=O) groups is 1. The van der Waals surface area contributed by atoms with Gasteiger partial charge in [-0.1, -0.05) is 6.07 Å². The Morgan fingerprint density at radius 3 is 2.81 bits per heavy atom. The Hall–Kier alpha value is -1.89. The molecule has 1 aromatic heterocycles. The average molecular weight is 354 g/mol. The lowest BCUT2D eigenvalue weighted by Crippen LogP contribution is -2.07. The summed E-state index contributed by atoms with van der Waals surface area (Å²) in [6.07, 6.45) is 0.0402. The highest BCUT2D eigenvalue weighted by molar-refractivity contribution is 9.10. The quantitative estimate of drug-likeness (QED) is 0.835. The van der Waals surface area contributed by atoms with Crippen LogP contribution in [0.25, 0.3) is 11.3 Å². The summed E-state index contributed by atoms with van der Waals surface area (Å²) in [6, 6.07) is 5.49. The molecule has 1 N–H and O–H groups in total. The van der Waals surface area contributed by atoms with E-state index in [2.05, 4.69) is 31.3 Å². The summed E-state index contributed by atoms with van der Waals surface area (Å²) in [6.45, 7) is 5.91. The lowest BCUT2D eigenvalue weighted by atomic mass is 10.1. The molecule has 0 aliphatic rings. The summed E-state index contributed by atoms with van der Waals surface area (Å²) in [5.41, 5.74) is 1.33. The summed E-state index contributed by atoms with van der Waals surface area (Å²) in [5, 5.41) is 10.4. The topological polar surface area (TPSA) is 77.1 Å². The van der Waals surface area contributed by atoms with Gasteiger partial charge in [-0.25, -0.2) is 4.79 Å². The number of nitrogens with one attached hydrogen (secondary N) is 1. The van der Waals surface area contributed by atoms with E-state index in [-0.39, 0.29) is 18.4 Å². The van der Waals surface area contributed by atoms with Crippen LogP contribution in [0.2, 0.25) is 0 Å².